The van der Waals surface area contributed by atoms with Gasteiger partial charge in [-0.3, -0.25) is 0 Å². The molecule has 1 aromatic carbocycles. The summed E-state index contributed by atoms with van der Waals surface area (Å²) in [5, 5.41) is 1.10. The fourth-order valence-electron chi connectivity index (χ4n) is 3.27. The van der Waals surface area contributed by atoms with E-state index in [2.05, 4.69) is 43.0 Å². The van der Waals surface area contributed by atoms with Gasteiger partial charge in [0, 0.05) is 33.2 Å². The number of rotatable bonds is 2. The Kier molecular flexibility index (Phi) is 3.30. The maximum atomic E-state index is 4.77. The quantitative estimate of drug-likeness (QED) is 0.552. The predicted molar refractivity (Wildman–Crippen MR) is 100 cm³/mol. The SMILES string of the molecule is Cn1cnc2c(N3CCN(c4nc5ccccc5s4)CC3)ncnc21. The average molecular weight is 351 g/mol. The molecule has 0 unspecified atom stereocenters. The van der Waals surface area contributed by atoms with Crippen molar-refractivity contribution < 1.29 is 0 Å². The second-order valence-electron chi connectivity index (χ2n) is 6.16. The molecule has 0 bridgehead atoms. The predicted octanol–water partition coefficient (Wildman–Crippen LogP) is 2.30. The maximum absolute atomic E-state index is 4.77. The lowest BCUT2D eigenvalue weighted by Gasteiger charge is -2.35. The highest BCUT2D eigenvalue weighted by Gasteiger charge is 2.23. The lowest BCUT2D eigenvalue weighted by molar-refractivity contribution is 0.647. The molecular weight excluding hydrogens is 334 g/mol. The molecular formula is C17H17N7S. The van der Waals surface area contributed by atoms with Crippen LogP contribution in [0.5, 0.6) is 0 Å². The van der Waals surface area contributed by atoms with Crippen LogP contribution in [0.4, 0.5) is 10.9 Å². The van der Waals surface area contributed by atoms with Crippen molar-refractivity contribution >= 4 is 43.7 Å². The molecule has 25 heavy (non-hydrogen) atoms. The van der Waals surface area contributed by atoms with Gasteiger partial charge in [0.15, 0.2) is 22.1 Å². The van der Waals surface area contributed by atoms with Crippen LogP contribution in [0.3, 0.4) is 0 Å². The van der Waals surface area contributed by atoms with E-state index >= 15 is 0 Å². The van der Waals surface area contributed by atoms with Crippen molar-refractivity contribution in [3.63, 3.8) is 0 Å². The third-order valence-electron chi connectivity index (χ3n) is 4.61. The minimum atomic E-state index is 0.874. The Morgan fingerprint density at radius 1 is 0.960 bits per heavy atom. The normalized spacial score (nSPS) is 15.4. The molecule has 8 heteroatoms. The van der Waals surface area contributed by atoms with E-state index in [1.54, 1.807) is 24.0 Å². The van der Waals surface area contributed by atoms with Gasteiger partial charge in [-0.15, -0.1) is 0 Å². The van der Waals surface area contributed by atoms with Crippen molar-refractivity contribution in [2.75, 3.05) is 36.0 Å². The first kappa shape index (κ1) is 14.6. The second kappa shape index (κ2) is 5.66. The minimum Gasteiger partial charge on any atom is -0.351 e. The Labute approximate surface area is 148 Å². The standard InChI is InChI=1S/C17H17N7S/c1-22-11-20-14-15(22)18-10-19-16(14)23-6-8-24(9-7-23)17-21-12-4-2-3-5-13(12)25-17/h2-5,10-11H,6-9H2,1H3. The molecule has 0 spiro atoms. The van der Waals surface area contributed by atoms with E-state index in [0.717, 1.165) is 53.8 Å². The average Bonchev–Trinajstić information content (AvgIpc) is 3.26. The smallest absolute Gasteiger partial charge is 0.186 e. The van der Waals surface area contributed by atoms with Crippen LogP contribution in [-0.2, 0) is 7.05 Å². The second-order valence-corrected chi connectivity index (χ2v) is 7.17. The van der Waals surface area contributed by atoms with Crippen LogP contribution in [0.15, 0.2) is 36.9 Å². The minimum absolute atomic E-state index is 0.874. The highest BCUT2D eigenvalue weighted by atomic mass is 32.1. The van der Waals surface area contributed by atoms with Gasteiger partial charge in [0.05, 0.1) is 16.5 Å². The Bertz CT molecular complexity index is 1010. The van der Waals surface area contributed by atoms with Crippen LogP contribution in [0.2, 0.25) is 0 Å². The van der Waals surface area contributed by atoms with Gasteiger partial charge in [-0.2, -0.15) is 0 Å². The molecule has 126 valence electrons. The van der Waals surface area contributed by atoms with Crippen LogP contribution in [0.1, 0.15) is 0 Å². The molecule has 0 saturated carbocycles. The fraction of sp³-hybridized carbons (Fsp3) is 0.294. The van der Waals surface area contributed by atoms with Gasteiger partial charge < -0.3 is 14.4 Å². The van der Waals surface area contributed by atoms with E-state index < -0.39 is 0 Å². The van der Waals surface area contributed by atoms with Crippen LogP contribution in [-0.4, -0.2) is 50.7 Å². The van der Waals surface area contributed by atoms with Crippen molar-refractivity contribution in [3.8, 4) is 0 Å². The number of benzene rings is 1. The number of para-hydroxylation sites is 1. The van der Waals surface area contributed by atoms with E-state index in [1.807, 2.05) is 17.7 Å². The fourth-order valence-corrected chi connectivity index (χ4v) is 4.29. The van der Waals surface area contributed by atoms with Crippen molar-refractivity contribution in [2.24, 2.45) is 7.05 Å². The van der Waals surface area contributed by atoms with Crippen LogP contribution in [0.25, 0.3) is 21.4 Å². The van der Waals surface area contributed by atoms with Crippen molar-refractivity contribution in [1.82, 2.24) is 24.5 Å². The number of imidazole rings is 1. The molecule has 0 aliphatic carbocycles. The summed E-state index contributed by atoms with van der Waals surface area (Å²) in [5.74, 6) is 0.926. The van der Waals surface area contributed by atoms with E-state index in [9.17, 15) is 0 Å². The van der Waals surface area contributed by atoms with Crippen LogP contribution < -0.4 is 9.80 Å². The summed E-state index contributed by atoms with van der Waals surface area (Å²) in [6.07, 6.45) is 3.42. The van der Waals surface area contributed by atoms with Crippen molar-refractivity contribution in [1.29, 1.82) is 0 Å². The molecule has 7 nitrogen and oxygen atoms in total. The number of fused-ring (bicyclic) bond motifs is 2. The summed E-state index contributed by atoms with van der Waals surface area (Å²) in [6, 6.07) is 8.31. The number of anilines is 2. The van der Waals surface area contributed by atoms with E-state index in [4.69, 9.17) is 4.98 Å². The largest absolute Gasteiger partial charge is 0.351 e. The summed E-state index contributed by atoms with van der Waals surface area (Å²) in [4.78, 5) is 22.7. The van der Waals surface area contributed by atoms with Gasteiger partial charge in [0.2, 0.25) is 0 Å². The first-order valence-electron chi connectivity index (χ1n) is 8.27. The molecule has 0 radical (unpaired) electrons. The lowest BCUT2D eigenvalue weighted by atomic mass is 10.3. The summed E-state index contributed by atoms with van der Waals surface area (Å²) in [7, 11) is 1.96. The molecule has 5 rings (SSSR count). The third-order valence-corrected chi connectivity index (χ3v) is 5.71. The molecule has 1 aliphatic heterocycles. The number of thiazole rings is 1. The van der Waals surface area contributed by atoms with E-state index in [-0.39, 0.29) is 0 Å². The van der Waals surface area contributed by atoms with Gasteiger partial charge in [0.25, 0.3) is 0 Å². The van der Waals surface area contributed by atoms with E-state index in [0.29, 0.717) is 0 Å². The highest BCUT2D eigenvalue weighted by Crippen LogP contribution is 2.30. The van der Waals surface area contributed by atoms with Gasteiger partial charge >= 0.3 is 0 Å². The molecule has 4 heterocycles. The Hall–Kier alpha value is -2.74. The molecule has 1 aliphatic rings. The number of piperazine rings is 1. The summed E-state index contributed by atoms with van der Waals surface area (Å²) in [5.41, 5.74) is 2.83. The number of aryl methyl sites for hydroxylation is 1. The first-order valence-corrected chi connectivity index (χ1v) is 9.09. The number of aromatic nitrogens is 5. The molecule has 0 amide bonds. The van der Waals surface area contributed by atoms with Crippen LogP contribution in [0, 0.1) is 0 Å². The Morgan fingerprint density at radius 2 is 1.76 bits per heavy atom. The first-order chi connectivity index (χ1) is 12.3. The third kappa shape index (κ3) is 2.41. The molecule has 3 aromatic heterocycles. The van der Waals surface area contributed by atoms with Crippen molar-refractivity contribution in [2.45, 2.75) is 0 Å². The zero-order valence-corrected chi connectivity index (χ0v) is 14.6. The van der Waals surface area contributed by atoms with Crippen molar-refractivity contribution in [3.05, 3.63) is 36.9 Å². The number of hydrogen-bond acceptors (Lipinski definition) is 7. The number of nitrogens with zero attached hydrogens (tertiary/aromatic N) is 7. The highest BCUT2D eigenvalue weighted by molar-refractivity contribution is 7.22. The molecule has 1 fully saturated rings. The Balaban J connectivity index is 1.38. The summed E-state index contributed by atoms with van der Waals surface area (Å²) < 4.78 is 3.17. The van der Waals surface area contributed by atoms with Gasteiger partial charge in [-0.1, -0.05) is 23.5 Å². The molecule has 1 saturated heterocycles. The van der Waals surface area contributed by atoms with Gasteiger partial charge in [-0.05, 0) is 12.1 Å². The lowest BCUT2D eigenvalue weighted by Crippen LogP contribution is -2.46. The molecule has 0 N–H and O–H groups in total. The molecule has 0 atom stereocenters. The summed E-state index contributed by atoms with van der Waals surface area (Å²) in [6.45, 7) is 3.66. The summed E-state index contributed by atoms with van der Waals surface area (Å²) >= 11 is 1.76. The zero-order chi connectivity index (χ0) is 16.8. The maximum Gasteiger partial charge on any atom is 0.186 e. The Morgan fingerprint density at radius 3 is 2.60 bits per heavy atom. The number of hydrogen-bond donors (Lipinski definition) is 0. The van der Waals surface area contributed by atoms with Gasteiger partial charge in [0.1, 0.15) is 6.33 Å². The molecule has 4 aromatic rings. The zero-order valence-electron chi connectivity index (χ0n) is 13.8. The van der Waals surface area contributed by atoms with Gasteiger partial charge in [-0.25, -0.2) is 19.9 Å². The van der Waals surface area contributed by atoms with Crippen LogP contribution >= 0.6 is 11.3 Å². The van der Waals surface area contributed by atoms with E-state index in [1.165, 1.54) is 4.70 Å². The monoisotopic (exact) mass is 351 g/mol. The topological polar surface area (TPSA) is 63.0 Å².